The van der Waals surface area contributed by atoms with E-state index < -0.39 is 11.2 Å². The Morgan fingerprint density at radius 1 is 1.26 bits per heavy atom. The van der Waals surface area contributed by atoms with Crippen LogP contribution in [-0.4, -0.2) is 34.5 Å². The van der Waals surface area contributed by atoms with Crippen LogP contribution in [0.1, 0.15) is 55.3 Å². The molecule has 2 heterocycles. The van der Waals surface area contributed by atoms with Gasteiger partial charge in [0.1, 0.15) is 10.7 Å². The summed E-state index contributed by atoms with van der Waals surface area (Å²) in [7, 11) is 0. The normalized spacial score (nSPS) is 18.5. The van der Waals surface area contributed by atoms with Crippen LogP contribution in [0.3, 0.4) is 0 Å². The van der Waals surface area contributed by atoms with E-state index in [4.69, 9.17) is 18.0 Å². The molecule has 27 heavy (non-hydrogen) atoms. The topological polar surface area (TPSA) is 95.8 Å². The molecule has 0 saturated heterocycles. The summed E-state index contributed by atoms with van der Waals surface area (Å²) in [5, 5.41) is 14.2. The van der Waals surface area contributed by atoms with Crippen LogP contribution in [0.15, 0.2) is 28.6 Å². The van der Waals surface area contributed by atoms with Crippen LogP contribution in [0.4, 0.5) is 0 Å². The average molecular weight is 388 g/mol. The van der Waals surface area contributed by atoms with Gasteiger partial charge in [0.05, 0.1) is 0 Å². The fraction of sp³-hybridized carbons (Fsp3) is 0.526. The SMILES string of the molecule is C#CCCC1(CCNC(=O)C2(NC(=O)c3ccnc(Cl)c3)CCCC2)N=N1. The highest BCUT2D eigenvalue weighted by Gasteiger charge is 2.43. The number of hydrogen-bond donors (Lipinski definition) is 2. The zero-order valence-electron chi connectivity index (χ0n) is 15.0. The molecule has 0 radical (unpaired) electrons. The van der Waals surface area contributed by atoms with Crippen LogP contribution >= 0.6 is 11.6 Å². The third-order valence-corrected chi connectivity index (χ3v) is 5.30. The van der Waals surface area contributed by atoms with Crippen molar-refractivity contribution in [1.82, 2.24) is 15.6 Å². The van der Waals surface area contributed by atoms with Crippen LogP contribution in [0.25, 0.3) is 0 Å². The lowest BCUT2D eigenvalue weighted by Gasteiger charge is -2.29. The predicted molar refractivity (Wildman–Crippen MR) is 101 cm³/mol. The predicted octanol–water partition coefficient (Wildman–Crippen LogP) is 2.86. The Morgan fingerprint density at radius 3 is 2.63 bits per heavy atom. The fourth-order valence-electron chi connectivity index (χ4n) is 3.43. The third kappa shape index (κ3) is 4.64. The van der Waals surface area contributed by atoms with Crippen molar-refractivity contribution < 1.29 is 9.59 Å². The summed E-state index contributed by atoms with van der Waals surface area (Å²) < 4.78 is 0. The van der Waals surface area contributed by atoms with Crippen molar-refractivity contribution in [2.75, 3.05) is 6.54 Å². The van der Waals surface area contributed by atoms with E-state index in [0.717, 1.165) is 12.8 Å². The quantitative estimate of drug-likeness (QED) is 0.530. The summed E-state index contributed by atoms with van der Waals surface area (Å²) >= 11 is 5.86. The maximum absolute atomic E-state index is 12.9. The molecule has 1 aromatic heterocycles. The van der Waals surface area contributed by atoms with Crippen LogP contribution in [0.5, 0.6) is 0 Å². The van der Waals surface area contributed by atoms with Crippen LogP contribution in [-0.2, 0) is 4.79 Å². The Labute approximate surface area is 163 Å². The molecular formula is C19H22ClN5O2. The van der Waals surface area contributed by atoms with Gasteiger partial charge in [-0.05, 0) is 25.0 Å². The molecular weight excluding hydrogens is 366 g/mol. The molecule has 0 atom stereocenters. The van der Waals surface area contributed by atoms with E-state index in [1.165, 1.54) is 12.3 Å². The second-order valence-corrected chi connectivity index (χ2v) is 7.39. The van der Waals surface area contributed by atoms with Crippen molar-refractivity contribution in [3.8, 4) is 12.3 Å². The Balaban J connectivity index is 1.58. The molecule has 0 spiro atoms. The van der Waals surface area contributed by atoms with Gasteiger partial charge in [-0.1, -0.05) is 24.4 Å². The Kier molecular flexibility index (Phi) is 5.76. The van der Waals surface area contributed by atoms with E-state index in [1.54, 1.807) is 6.07 Å². The van der Waals surface area contributed by atoms with Gasteiger partial charge in [0, 0.05) is 37.6 Å². The molecule has 0 aromatic carbocycles. The summed E-state index contributed by atoms with van der Waals surface area (Å²) in [5.41, 5.74) is -0.936. The minimum absolute atomic E-state index is 0.166. The van der Waals surface area contributed by atoms with Crippen molar-refractivity contribution in [3.63, 3.8) is 0 Å². The largest absolute Gasteiger partial charge is 0.354 e. The first-order chi connectivity index (χ1) is 13.0. The number of carbonyl (C=O) groups is 2. The molecule has 8 heteroatoms. The van der Waals surface area contributed by atoms with Crippen LogP contribution < -0.4 is 10.6 Å². The van der Waals surface area contributed by atoms with E-state index in [0.29, 0.717) is 44.2 Å². The average Bonchev–Trinajstić information content (AvgIpc) is 3.26. The minimum Gasteiger partial charge on any atom is -0.354 e. The van der Waals surface area contributed by atoms with Gasteiger partial charge in [-0.15, -0.1) is 12.3 Å². The number of nitrogens with zero attached hydrogens (tertiary/aromatic N) is 3. The first-order valence-corrected chi connectivity index (χ1v) is 9.46. The lowest BCUT2D eigenvalue weighted by Crippen LogP contribution is -2.57. The standard InChI is InChI=1S/C19H22ClN5O2/c1-2-3-9-19(24-25-19)10-12-22-17(27)18(7-4-5-8-18)23-16(26)14-6-11-21-15(20)13-14/h1,6,11,13H,3-5,7-10,12H2,(H,22,27)(H,23,26). The highest BCUT2D eigenvalue weighted by Crippen LogP contribution is 2.36. The summed E-state index contributed by atoms with van der Waals surface area (Å²) in [4.78, 5) is 29.3. The lowest BCUT2D eigenvalue weighted by atomic mass is 9.95. The molecule has 142 valence electrons. The molecule has 1 aliphatic heterocycles. The zero-order valence-corrected chi connectivity index (χ0v) is 15.8. The Hall–Kier alpha value is -2.46. The van der Waals surface area contributed by atoms with Gasteiger partial charge in [-0.25, -0.2) is 4.98 Å². The van der Waals surface area contributed by atoms with Gasteiger partial charge in [-0.2, -0.15) is 10.2 Å². The Bertz CT molecular complexity index is 790. The van der Waals surface area contributed by atoms with Crippen molar-refractivity contribution in [2.45, 2.75) is 56.1 Å². The first kappa shape index (κ1) is 19.3. The van der Waals surface area contributed by atoms with E-state index in [9.17, 15) is 9.59 Å². The fourth-order valence-corrected chi connectivity index (χ4v) is 3.61. The van der Waals surface area contributed by atoms with Gasteiger partial charge >= 0.3 is 0 Å². The highest BCUT2D eigenvalue weighted by molar-refractivity contribution is 6.29. The summed E-state index contributed by atoms with van der Waals surface area (Å²) in [6.07, 6.45) is 11.7. The number of aromatic nitrogens is 1. The summed E-state index contributed by atoms with van der Waals surface area (Å²) in [5.74, 6) is 2.10. The van der Waals surface area contributed by atoms with Gasteiger partial charge in [0.2, 0.25) is 5.91 Å². The molecule has 1 aliphatic carbocycles. The number of hydrogen-bond acceptors (Lipinski definition) is 5. The lowest BCUT2D eigenvalue weighted by molar-refractivity contribution is -0.127. The second kappa shape index (κ2) is 8.05. The van der Waals surface area contributed by atoms with Gasteiger partial charge < -0.3 is 10.6 Å². The van der Waals surface area contributed by atoms with Crippen LogP contribution in [0.2, 0.25) is 5.15 Å². The molecule has 2 aliphatic rings. The number of nitrogens with one attached hydrogen (secondary N) is 2. The van der Waals surface area contributed by atoms with E-state index in [1.807, 2.05) is 0 Å². The third-order valence-electron chi connectivity index (χ3n) is 5.10. The summed E-state index contributed by atoms with van der Waals surface area (Å²) in [6.45, 7) is 0.440. The van der Waals surface area contributed by atoms with E-state index >= 15 is 0 Å². The number of rotatable bonds is 8. The molecule has 2 amide bonds. The number of terminal acetylenes is 1. The van der Waals surface area contributed by atoms with Gasteiger partial charge in [0.25, 0.3) is 5.91 Å². The smallest absolute Gasteiger partial charge is 0.252 e. The molecule has 7 nitrogen and oxygen atoms in total. The highest BCUT2D eigenvalue weighted by atomic mass is 35.5. The Morgan fingerprint density at radius 2 is 2.00 bits per heavy atom. The maximum Gasteiger partial charge on any atom is 0.252 e. The van der Waals surface area contributed by atoms with Crippen molar-refractivity contribution in [1.29, 1.82) is 0 Å². The molecule has 0 bridgehead atoms. The number of halogens is 1. The monoisotopic (exact) mass is 387 g/mol. The second-order valence-electron chi connectivity index (χ2n) is 7.00. The molecule has 0 unspecified atom stereocenters. The van der Waals surface area contributed by atoms with E-state index in [2.05, 4.69) is 31.8 Å². The van der Waals surface area contributed by atoms with Crippen molar-refractivity contribution >= 4 is 23.4 Å². The minimum atomic E-state index is -0.892. The molecule has 1 fully saturated rings. The molecule has 2 N–H and O–H groups in total. The van der Waals surface area contributed by atoms with Crippen molar-refractivity contribution in [3.05, 3.63) is 29.0 Å². The number of pyridine rings is 1. The van der Waals surface area contributed by atoms with Gasteiger partial charge in [0.15, 0.2) is 5.66 Å². The molecule has 1 aromatic rings. The zero-order chi connectivity index (χ0) is 19.3. The summed E-state index contributed by atoms with van der Waals surface area (Å²) in [6, 6.07) is 3.07. The molecule has 3 rings (SSSR count). The van der Waals surface area contributed by atoms with Crippen LogP contribution in [0, 0.1) is 12.3 Å². The number of carbonyl (C=O) groups excluding carboxylic acids is 2. The van der Waals surface area contributed by atoms with Gasteiger partial charge in [-0.3, -0.25) is 9.59 Å². The maximum atomic E-state index is 12.9. The van der Waals surface area contributed by atoms with E-state index in [-0.39, 0.29) is 17.0 Å². The molecule has 1 saturated carbocycles. The van der Waals surface area contributed by atoms with Crippen molar-refractivity contribution in [2.24, 2.45) is 10.2 Å². The number of amides is 2. The first-order valence-electron chi connectivity index (χ1n) is 9.09.